The van der Waals surface area contributed by atoms with Gasteiger partial charge in [0.25, 0.3) is 0 Å². The molecule has 2 N–H and O–H groups in total. The normalized spacial score (nSPS) is 18.8. The quantitative estimate of drug-likeness (QED) is 0.686. The van der Waals surface area contributed by atoms with Crippen molar-refractivity contribution in [3.63, 3.8) is 0 Å². The number of carbonyl (C=O) groups excluding carboxylic acids is 1. The lowest BCUT2D eigenvalue weighted by Crippen LogP contribution is -2.50. The molecule has 0 aromatic carbocycles. The number of aliphatic carboxylic acids is 1. The highest BCUT2D eigenvalue weighted by atomic mass is 16.5. The number of piperidine rings is 1. The largest absolute Gasteiger partial charge is 0.481 e. The first-order valence-corrected chi connectivity index (χ1v) is 7.48. The number of carboxylic acids is 1. The molecule has 1 saturated heterocycles. The lowest BCUT2D eigenvalue weighted by molar-refractivity contribution is -0.138. The summed E-state index contributed by atoms with van der Waals surface area (Å²) in [6.45, 7) is 3.42. The molecule has 7 heteroatoms. The minimum Gasteiger partial charge on any atom is -0.481 e. The van der Waals surface area contributed by atoms with Crippen molar-refractivity contribution in [1.82, 2.24) is 15.1 Å². The summed E-state index contributed by atoms with van der Waals surface area (Å²) >= 11 is 0. The van der Waals surface area contributed by atoms with Crippen LogP contribution in [-0.4, -0.2) is 79.9 Å². The van der Waals surface area contributed by atoms with Crippen LogP contribution in [0.2, 0.25) is 0 Å². The number of nitrogens with zero attached hydrogens (tertiary/aromatic N) is 2. The standard InChI is InChI=1S/C14H27N3O4/c1-16(9-10-21-2)8-6-15-14(20)17-7-4-3-5-12(17)11-13(18)19/h12H,3-11H2,1-2H3,(H,15,20)(H,18,19). The number of urea groups is 1. The second kappa shape index (κ2) is 9.57. The molecular weight excluding hydrogens is 274 g/mol. The van der Waals surface area contributed by atoms with E-state index < -0.39 is 5.97 Å². The Kier molecular flexibility index (Phi) is 8.07. The number of carbonyl (C=O) groups is 2. The van der Waals surface area contributed by atoms with Crippen molar-refractivity contribution in [2.75, 3.05) is 46.9 Å². The van der Waals surface area contributed by atoms with E-state index in [1.54, 1.807) is 12.0 Å². The van der Waals surface area contributed by atoms with Gasteiger partial charge in [0, 0.05) is 39.3 Å². The summed E-state index contributed by atoms with van der Waals surface area (Å²) in [6, 6.07) is -0.330. The zero-order chi connectivity index (χ0) is 15.7. The van der Waals surface area contributed by atoms with Crippen molar-refractivity contribution in [2.45, 2.75) is 31.7 Å². The van der Waals surface area contributed by atoms with Crippen molar-refractivity contribution in [3.05, 3.63) is 0 Å². The second-order valence-electron chi connectivity index (χ2n) is 5.47. The summed E-state index contributed by atoms with van der Waals surface area (Å²) < 4.78 is 4.99. The van der Waals surface area contributed by atoms with Crippen LogP contribution in [0.4, 0.5) is 4.79 Å². The number of amides is 2. The predicted molar refractivity (Wildman–Crippen MR) is 79.4 cm³/mol. The first kappa shape index (κ1) is 17.7. The van der Waals surface area contributed by atoms with Gasteiger partial charge in [-0.2, -0.15) is 0 Å². The highest BCUT2D eigenvalue weighted by Crippen LogP contribution is 2.19. The third kappa shape index (κ3) is 6.77. The first-order valence-electron chi connectivity index (χ1n) is 7.48. The van der Waals surface area contributed by atoms with E-state index in [4.69, 9.17) is 9.84 Å². The number of carboxylic acid groups (broad SMARTS) is 1. The van der Waals surface area contributed by atoms with Crippen LogP contribution in [0.3, 0.4) is 0 Å². The molecule has 7 nitrogen and oxygen atoms in total. The smallest absolute Gasteiger partial charge is 0.317 e. The fourth-order valence-electron chi connectivity index (χ4n) is 2.50. The van der Waals surface area contributed by atoms with Crippen LogP contribution in [-0.2, 0) is 9.53 Å². The molecule has 0 bridgehead atoms. The fraction of sp³-hybridized carbons (Fsp3) is 0.857. The number of hydrogen-bond acceptors (Lipinski definition) is 4. The van der Waals surface area contributed by atoms with Crippen LogP contribution in [0.15, 0.2) is 0 Å². The molecule has 1 atom stereocenters. The zero-order valence-corrected chi connectivity index (χ0v) is 13.0. The van der Waals surface area contributed by atoms with Gasteiger partial charge in [-0.05, 0) is 26.3 Å². The van der Waals surface area contributed by atoms with Crippen molar-refractivity contribution in [2.24, 2.45) is 0 Å². The predicted octanol–water partition coefficient (Wildman–Crippen LogP) is 0.603. The average molecular weight is 301 g/mol. The molecule has 122 valence electrons. The van der Waals surface area contributed by atoms with E-state index in [9.17, 15) is 9.59 Å². The summed E-state index contributed by atoms with van der Waals surface area (Å²) in [6.07, 6.45) is 2.73. The minimum absolute atomic E-state index is 0.0289. The Morgan fingerprint density at radius 1 is 1.38 bits per heavy atom. The molecule has 0 aromatic rings. The SMILES string of the molecule is COCCN(C)CCNC(=O)N1CCCCC1CC(=O)O. The molecule has 1 unspecified atom stereocenters. The lowest BCUT2D eigenvalue weighted by atomic mass is 10.00. The van der Waals surface area contributed by atoms with Crippen LogP contribution >= 0.6 is 0 Å². The molecule has 1 fully saturated rings. The summed E-state index contributed by atoms with van der Waals surface area (Å²) in [4.78, 5) is 26.8. The Labute approximate surface area is 126 Å². The minimum atomic E-state index is -0.848. The first-order chi connectivity index (χ1) is 10.0. The Morgan fingerprint density at radius 2 is 2.14 bits per heavy atom. The monoisotopic (exact) mass is 301 g/mol. The van der Waals surface area contributed by atoms with E-state index in [0.717, 1.165) is 32.4 Å². The molecule has 21 heavy (non-hydrogen) atoms. The molecular formula is C14H27N3O4. The van der Waals surface area contributed by atoms with Crippen molar-refractivity contribution >= 4 is 12.0 Å². The van der Waals surface area contributed by atoms with E-state index in [1.165, 1.54) is 0 Å². The number of likely N-dealkylation sites (tertiary alicyclic amines) is 1. The van der Waals surface area contributed by atoms with Gasteiger partial charge in [-0.1, -0.05) is 0 Å². The van der Waals surface area contributed by atoms with Gasteiger partial charge in [0.05, 0.1) is 13.0 Å². The number of methoxy groups -OCH3 is 1. The Bertz CT molecular complexity index is 338. The van der Waals surface area contributed by atoms with Crippen molar-refractivity contribution < 1.29 is 19.4 Å². The van der Waals surface area contributed by atoms with Gasteiger partial charge >= 0.3 is 12.0 Å². The third-order valence-corrected chi connectivity index (χ3v) is 3.75. The van der Waals surface area contributed by atoms with Crippen LogP contribution in [0.1, 0.15) is 25.7 Å². The van der Waals surface area contributed by atoms with Crippen LogP contribution in [0.25, 0.3) is 0 Å². The Hall–Kier alpha value is -1.34. The summed E-state index contributed by atoms with van der Waals surface area (Å²) in [5.74, 6) is -0.848. The van der Waals surface area contributed by atoms with Gasteiger partial charge in [-0.3, -0.25) is 4.79 Å². The van der Waals surface area contributed by atoms with Crippen LogP contribution in [0, 0.1) is 0 Å². The van der Waals surface area contributed by atoms with E-state index in [2.05, 4.69) is 10.2 Å². The number of likely N-dealkylation sites (N-methyl/N-ethyl adjacent to an activating group) is 1. The highest BCUT2D eigenvalue weighted by molar-refractivity contribution is 5.76. The number of nitrogens with one attached hydrogen (secondary N) is 1. The molecule has 1 heterocycles. The maximum atomic E-state index is 12.2. The van der Waals surface area contributed by atoms with Gasteiger partial charge < -0.3 is 25.0 Å². The van der Waals surface area contributed by atoms with E-state index in [1.807, 2.05) is 7.05 Å². The van der Waals surface area contributed by atoms with Crippen molar-refractivity contribution in [1.29, 1.82) is 0 Å². The summed E-state index contributed by atoms with van der Waals surface area (Å²) in [7, 11) is 3.63. The fourth-order valence-corrected chi connectivity index (χ4v) is 2.50. The topological polar surface area (TPSA) is 82.1 Å². The molecule has 0 aliphatic carbocycles. The molecule has 1 aliphatic heterocycles. The summed E-state index contributed by atoms with van der Waals surface area (Å²) in [5, 5.41) is 11.8. The second-order valence-corrected chi connectivity index (χ2v) is 5.47. The number of rotatable bonds is 8. The van der Waals surface area contributed by atoms with Crippen LogP contribution < -0.4 is 5.32 Å². The van der Waals surface area contributed by atoms with Gasteiger partial charge in [0.1, 0.15) is 0 Å². The Morgan fingerprint density at radius 3 is 2.81 bits per heavy atom. The maximum absolute atomic E-state index is 12.2. The molecule has 1 rings (SSSR count). The molecule has 2 amide bonds. The van der Waals surface area contributed by atoms with Crippen molar-refractivity contribution in [3.8, 4) is 0 Å². The average Bonchev–Trinajstić information content (AvgIpc) is 2.45. The van der Waals surface area contributed by atoms with E-state index in [-0.39, 0.29) is 18.5 Å². The van der Waals surface area contributed by atoms with Crippen LogP contribution in [0.5, 0.6) is 0 Å². The van der Waals surface area contributed by atoms with Gasteiger partial charge in [-0.25, -0.2) is 4.79 Å². The molecule has 0 radical (unpaired) electrons. The zero-order valence-electron chi connectivity index (χ0n) is 13.0. The molecule has 1 aliphatic rings. The molecule has 0 aromatic heterocycles. The number of ether oxygens (including phenoxy) is 1. The van der Waals surface area contributed by atoms with Gasteiger partial charge in [0.2, 0.25) is 0 Å². The van der Waals surface area contributed by atoms with Gasteiger partial charge in [0.15, 0.2) is 0 Å². The van der Waals surface area contributed by atoms with E-state index >= 15 is 0 Å². The Balaban J connectivity index is 2.33. The maximum Gasteiger partial charge on any atom is 0.317 e. The third-order valence-electron chi connectivity index (χ3n) is 3.75. The lowest BCUT2D eigenvalue weighted by Gasteiger charge is -2.35. The summed E-state index contributed by atoms with van der Waals surface area (Å²) in [5.41, 5.74) is 0. The highest BCUT2D eigenvalue weighted by Gasteiger charge is 2.28. The molecule has 0 saturated carbocycles. The number of hydrogen-bond donors (Lipinski definition) is 2. The van der Waals surface area contributed by atoms with E-state index in [0.29, 0.717) is 19.7 Å². The van der Waals surface area contributed by atoms with Gasteiger partial charge in [-0.15, -0.1) is 0 Å². The molecule has 0 spiro atoms.